The number of nitrogens with zero attached hydrogens (tertiary/aromatic N) is 1. The lowest BCUT2D eigenvalue weighted by Gasteiger charge is -1.97. The molecule has 0 bridgehead atoms. The van der Waals surface area contributed by atoms with Crippen LogP contribution in [-0.4, -0.2) is 9.97 Å². The Hall–Kier alpha value is -1.74. The van der Waals surface area contributed by atoms with Gasteiger partial charge in [0.15, 0.2) is 5.16 Å². The van der Waals surface area contributed by atoms with Crippen LogP contribution in [0.5, 0.6) is 0 Å². The Morgan fingerprint density at radius 2 is 1.76 bits per heavy atom. The third-order valence-electron chi connectivity index (χ3n) is 2.60. The van der Waals surface area contributed by atoms with Crippen molar-refractivity contribution in [2.75, 3.05) is 0 Å². The van der Waals surface area contributed by atoms with Crippen molar-refractivity contribution in [1.82, 2.24) is 9.97 Å². The van der Waals surface area contributed by atoms with E-state index in [1.165, 1.54) is 10.5 Å². The van der Waals surface area contributed by atoms with E-state index in [1.54, 1.807) is 11.8 Å². The molecule has 0 unspecified atom stereocenters. The van der Waals surface area contributed by atoms with Crippen LogP contribution in [0.2, 0.25) is 0 Å². The third kappa shape index (κ3) is 2.19. The van der Waals surface area contributed by atoms with Gasteiger partial charge in [0, 0.05) is 4.90 Å². The predicted molar refractivity (Wildman–Crippen MR) is 71.4 cm³/mol. The summed E-state index contributed by atoms with van der Waals surface area (Å²) in [4.78, 5) is 9.05. The van der Waals surface area contributed by atoms with Crippen LogP contribution in [0.1, 0.15) is 5.56 Å². The van der Waals surface area contributed by atoms with Crippen LogP contribution in [0.15, 0.2) is 58.6 Å². The van der Waals surface area contributed by atoms with E-state index >= 15 is 0 Å². The largest absolute Gasteiger partial charge is 0.333 e. The summed E-state index contributed by atoms with van der Waals surface area (Å²) in [7, 11) is 0. The topological polar surface area (TPSA) is 28.7 Å². The van der Waals surface area contributed by atoms with Gasteiger partial charge >= 0.3 is 0 Å². The minimum atomic E-state index is 0.940. The van der Waals surface area contributed by atoms with E-state index in [-0.39, 0.29) is 0 Å². The first-order chi connectivity index (χ1) is 8.31. The molecule has 17 heavy (non-hydrogen) atoms. The summed E-state index contributed by atoms with van der Waals surface area (Å²) in [6, 6.07) is 16.5. The maximum Gasteiger partial charge on any atom is 0.171 e. The van der Waals surface area contributed by atoms with Crippen molar-refractivity contribution in [2.45, 2.75) is 17.0 Å². The van der Waals surface area contributed by atoms with Gasteiger partial charge in [0.2, 0.25) is 0 Å². The first kappa shape index (κ1) is 10.4. The van der Waals surface area contributed by atoms with Crippen LogP contribution in [0.3, 0.4) is 0 Å². The Labute approximate surface area is 104 Å². The molecule has 0 saturated carbocycles. The molecule has 0 saturated heterocycles. The summed E-state index contributed by atoms with van der Waals surface area (Å²) in [5.41, 5.74) is 3.38. The molecule has 0 fully saturated rings. The molecule has 1 aromatic heterocycles. The monoisotopic (exact) mass is 240 g/mol. The summed E-state index contributed by atoms with van der Waals surface area (Å²) in [5.74, 6) is 0. The molecule has 0 amide bonds. The molecular weight excluding hydrogens is 228 g/mol. The number of hydrogen-bond donors (Lipinski definition) is 1. The van der Waals surface area contributed by atoms with E-state index in [9.17, 15) is 0 Å². The van der Waals surface area contributed by atoms with Crippen LogP contribution in [-0.2, 0) is 0 Å². The zero-order valence-electron chi connectivity index (χ0n) is 9.47. The molecule has 0 radical (unpaired) electrons. The summed E-state index contributed by atoms with van der Waals surface area (Å²) >= 11 is 1.66. The second kappa shape index (κ2) is 4.26. The van der Waals surface area contributed by atoms with Gasteiger partial charge in [-0.15, -0.1) is 0 Å². The Morgan fingerprint density at radius 3 is 2.53 bits per heavy atom. The van der Waals surface area contributed by atoms with Gasteiger partial charge in [-0.3, -0.25) is 0 Å². The van der Waals surface area contributed by atoms with Gasteiger partial charge in [0.05, 0.1) is 11.0 Å². The average Bonchev–Trinajstić information content (AvgIpc) is 2.74. The minimum Gasteiger partial charge on any atom is -0.333 e. The first-order valence-electron chi connectivity index (χ1n) is 5.50. The van der Waals surface area contributed by atoms with Crippen LogP contribution in [0.25, 0.3) is 11.0 Å². The van der Waals surface area contributed by atoms with E-state index in [1.807, 2.05) is 24.3 Å². The fraction of sp³-hybridized carbons (Fsp3) is 0.0714. The van der Waals surface area contributed by atoms with Gasteiger partial charge in [-0.05, 0) is 31.2 Å². The van der Waals surface area contributed by atoms with Crippen LogP contribution in [0, 0.1) is 6.92 Å². The first-order valence-corrected chi connectivity index (χ1v) is 6.32. The molecular formula is C14H12N2S. The molecule has 0 aliphatic heterocycles. The SMILES string of the molecule is Cc1ccc(Sc2nc3ccccc3[nH]2)cc1. The fourth-order valence-electron chi connectivity index (χ4n) is 1.70. The summed E-state index contributed by atoms with van der Waals surface area (Å²) in [5, 5.41) is 0.940. The highest BCUT2D eigenvalue weighted by Gasteiger charge is 2.03. The van der Waals surface area contributed by atoms with Crippen molar-refractivity contribution in [1.29, 1.82) is 0 Å². The van der Waals surface area contributed by atoms with Gasteiger partial charge in [0.1, 0.15) is 0 Å². The lowest BCUT2D eigenvalue weighted by Crippen LogP contribution is -1.76. The fourth-order valence-corrected chi connectivity index (χ4v) is 2.50. The Balaban J connectivity index is 1.92. The number of rotatable bonds is 2. The van der Waals surface area contributed by atoms with Crippen LogP contribution in [0.4, 0.5) is 0 Å². The lowest BCUT2D eigenvalue weighted by molar-refractivity contribution is 1.08. The van der Waals surface area contributed by atoms with Crippen molar-refractivity contribution in [2.24, 2.45) is 0 Å². The Bertz CT molecular complexity index is 608. The normalized spacial score (nSPS) is 10.9. The molecule has 1 N–H and O–H groups in total. The molecule has 0 aliphatic rings. The third-order valence-corrected chi connectivity index (χ3v) is 3.50. The second-order valence-electron chi connectivity index (χ2n) is 3.97. The molecule has 1 heterocycles. The maximum atomic E-state index is 4.54. The smallest absolute Gasteiger partial charge is 0.171 e. The average molecular weight is 240 g/mol. The summed E-state index contributed by atoms with van der Waals surface area (Å²) in [6.07, 6.45) is 0. The van der Waals surface area contributed by atoms with Crippen molar-refractivity contribution in [3.8, 4) is 0 Å². The van der Waals surface area contributed by atoms with Crippen molar-refractivity contribution >= 4 is 22.8 Å². The molecule has 3 aromatic rings. The number of aryl methyl sites for hydroxylation is 1. The van der Waals surface area contributed by atoms with E-state index in [0.29, 0.717) is 0 Å². The number of nitrogens with one attached hydrogen (secondary N) is 1. The zero-order valence-corrected chi connectivity index (χ0v) is 10.3. The highest BCUT2D eigenvalue weighted by molar-refractivity contribution is 7.99. The number of imidazole rings is 1. The summed E-state index contributed by atoms with van der Waals surface area (Å²) < 4.78 is 0. The number of aromatic nitrogens is 2. The van der Waals surface area contributed by atoms with Gasteiger partial charge in [-0.25, -0.2) is 4.98 Å². The van der Waals surface area contributed by atoms with E-state index in [2.05, 4.69) is 41.2 Å². The predicted octanol–water partition coefficient (Wildman–Crippen LogP) is 4.02. The zero-order chi connectivity index (χ0) is 11.7. The van der Waals surface area contributed by atoms with Gasteiger partial charge in [-0.1, -0.05) is 41.6 Å². The molecule has 84 valence electrons. The lowest BCUT2D eigenvalue weighted by atomic mass is 10.2. The van der Waals surface area contributed by atoms with Gasteiger partial charge < -0.3 is 4.98 Å². The number of fused-ring (bicyclic) bond motifs is 1. The van der Waals surface area contributed by atoms with Gasteiger partial charge in [0.25, 0.3) is 0 Å². The highest BCUT2D eigenvalue weighted by Crippen LogP contribution is 2.27. The minimum absolute atomic E-state index is 0.940. The summed E-state index contributed by atoms with van der Waals surface area (Å²) in [6.45, 7) is 2.09. The van der Waals surface area contributed by atoms with E-state index in [0.717, 1.165) is 16.2 Å². The standard InChI is InChI=1S/C14H12N2S/c1-10-6-8-11(9-7-10)17-14-15-12-4-2-3-5-13(12)16-14/h2-9H,1H3,(H,15,16). The number of H-pyrrole nitrogens is 1. The molecule has 0 aliphatic carbocycles. The van der Waals surface area contributed by atoms with Crippen molar-refractivity contribution < 1.29 is 0 Å². The van der Waals surface area contributed by atoms with E-state index in [4.69, 9.17) is 0 Å². The van der Waals surface area contributed by atoms with Crippen molar-refractivity contribution in [3.05, 3.63) is 54.1 Å². The van der Waals surface area contributed by atoms with Crippen molar-refractivity contribution in [3.63, 3.8) is 0 Å². The van der Waals surface area contributed by atoms with Crippen LogP contribution < -0.4 is 0 Å². The maximum absolute atomic E-state index is 4.54. The molecule has 3 rings (SSSR count). The van der Waals surface area contributed by atoms with E-state index < -0.39 is 0 Å². The molecule has 3 heteroatoms. The molecule has 2 aromatic carbocycles. The van der Waals surface area contributed by atoms with Crippen LogP contribution >= 0.6 is 11.8 Å². The second-order valence-corrected chi connectivity index (χ2v) is 5.04. The number of para-hydroxylation sites is 2. The van der Waals surface area contributed by atoms with Gasteiger partial charge in [-0.2, -0.15) is 0 Å². The molecule has 0 spiro atoms. The molecule has 2 nitrogen and oxygen atoms in total. The number of aromatic amines is 1. The molecule has 0 atom stereocenters. The Morgan fingerprint density at radius 1 is 1.00 bits per heavy atom. The highest BCUT2D eigenvalue weighted by atomic mass is 32.2. The number of hydrogen-bond acceptors (Lipinski definition) is 2. The quantitative estimate of drug-likeness (QED) is 0.732. The Kier molecular flexibility index (Phi) is 2.61. The number of benzene rings is 2.